The molecule has 106 valence electrons. The molecule has 8 heteroatoms. The molecule has 0 saturated heterocycles. The van der Waals surface area contributed by atoms with Crippen molar-refractivity contribution in [1.82, 2.24) is 4.37 Å². The van der Waals surface area contributed by atoms with E-state index in [1.807, 2.05) is 0 Å². The van der Waals surface area contributed by atoms with Crippen molar-refractivity contribution in [1.29, 1.82) is 0 Å². The van der Waals surface area contributed by atoms with Crippen molar-refractivity contribution in [3.05, 3.63) is 32.6 Å². The number of hydrogen-bond acceptors (Lipinski definition) is 6. The van der Waals surface area contributed by atoms with Crippen molar-refractivity contribution < 1.29 is 14.3 Å². The van der Waals surface area contributed by atoms with E-state index in [1.165, 1.54) is 11.3 Å². The molecule has 0 atom stereocenters. The van der Waals surface area contributed by atoms with Crippen molar-refractivity contribution in [2.24, 2.45) is 0 Å². The van der Waals surface area contributed by atoms with E-state index in [-0.39, 0.29) is 12.5 Å². The van der Waals surface area contributed by atoms with Gasteiger partial charge in [0.1, 0.15) is 10.6 Å². The lowest BCUT2D eigenvalue weighted by atomic mass is 10.2. The second kappa shape index (κ2) is 6.34. The van der Waals surface area contributed by atoms with Gasteiger partial charge in [-0.15, -0.1) is 11.3 Å². The van der Waals surface area contributed by atoms with Crippen LogP contribution in [0.15, 0.2) is 12.1 Å². The summed E-state index contributed by atoms with van der Waals surface area (Å²) >= 11 is 8.01. The van der Waals surface area contributed by atoms with Gasteiger partial charge in [0.15, 0.2) is 0 Å². The Labute approximate surface area is 128 Å². The number of halogens is 1. The highest BCUT2D eigenvalue weighted by atomic mass is 35.5. The van der Waals surface area contributed by atoms with Crippen LogP contribution in [-0.2, 0) is 4.74 Å². The third-order valence-corrected chi connectivity index (χ3v) is 4.45. The molecular weight excluding hydrogens is 320 g/mol. The van der Waals surface area contributed by atoms with Crippen molar-refractivity contribution in [3.63, 3.8) is 0 Å². The molecule has 0 aliphatic heterocycles. The summed E-state index contributed by atoms with van der Waals surface area (Å²) in [6.45, 7) is 3.68. The molecule has 2 aromatic rings. The van der Waals surface area contributed by atoms with E-state index in [0.29, 0.717) is 25.5 Å². The molecule has 0 bridgehead atoms. The summed E-state index contributed by atoms with van der Waals surface area (Å²) in [5.74, 6) is -0.811. The van der Waals surface area contributed by atoms with Crippen molar-refractivity contribution in [3.8, 4) is 0 Å². The molecule has 2 rings (SSSR count). The predicted octanol–water partition coefficient (Wildman–Crippen LogP) is 3.60. The van der Waals surface area contributed by atoms with Crippen LogP contribution in [0.25, 0.3) is 0 Å². The molecular formula is C12H11ClN2O3S2. The molecule has 2 heterocycles. The predicted molar refractivity (Wildman–Crippen MR) is 80.1 cm³/mol. The van der Waals surface area contributed by atoms with Gasteiger partial charge in [-0.05, 0) is 37.5 Å². The highest BCUT2D eigenvalue weighted by molar-refractivity contribution is 7.18. The van der Waals surface area contributed by atoms with Gasteiger partial charge in [-0.1, -0.05) is 11.6 Å². The van der Waals surface area contributed by atoms with Crippen LogP contribution in [-0.4, -0.2) is 22.9 Å². The first kappa shape index (κ1) is 15.0. The Morgan fingerprint density at radius 1 is 1.45 bits per heavy atom. The molecule has 20 heavy (non-hydrogen) atoms. The number of anilines is 1. The minimum Gasteiger partial charge on any atom is -0.462 e. The highest BCUT2D eigenvalue weighted by Crippen LogP contribution is 2.27. The van der Waals surface area contributed by atoms with E-state index in [0.717, 1.165) is 11.5 Å². The molecule has 0 saturated carbocycles. The second-order valence-corrected chi connectivity index (χ2v) is 6.24. The SMILES string of the molecule is CCOC(=O)c1c(C)nsc1NC(=O)c1ccc(Cl)s1. The number of rotatable bonds is 4. The molecule has 0 fully saturated rings. The average molecular weight is 331 g/mol. The Morgan fingerprint density at radius 2 is 2.20 bits per heavy atom. The number of nitrogens with one attached hydrogen (secondary N) is 1. The van der Waals surface area contributed by atoms with Crippen LogP contribution in [0.5, 0.6) is 0 Å². The lowest BCUT2D eigenvalue weighted by molar-refractivity contribution is 0.0527. The standard InChI is InChI=1S/C12H11ClN2O3S2/c1-3-18-12(17)9-6(2)15-20-11(9)14-10(16)7-4-5-8(13)19-7/h4-5H,3H2,1-2H3,(H,14,16). The Bertz CT molecular complexity index is 651. The summed E-state index contributed by atoms with van der Waals surface area (Å²) in [7, 11) is 0. The van der Waals surface area contributed by atoms with Crippen molar-refractivity contribution >= 4 is 51.3 Å². The molecule has 0 unspecified atom stereocenters. The summed E-state index contributed by atoms with van der Waals surface area (Å²) in [5.41, 5.74) is 0.834. The van der Waals surface area contributed by atoms with Gasteiger partial charge in [0, 0.05) is 0 Å². The zero-order valence-electron chi connectivity index (χ0n) is 10.7. The second-order valence-electron chi connectivity index (χ2n) is 3.75. The molecule has 0 aliphatic rings. The van der Waals surface area contributed by atoms with Crippen LogP contribution < -0.4 is 5.32 Å². The average Bonchev–Trinajstić information content (AvgIpc) is 2.96. The third-order valence-electron chi connectivity index (χ3n) is 2.37. The van der Waals surface area contributed by atoms with E-state index in [4.69, 9.17) is 16.3 Å². The van der Waals surface area contributed by atoms with Crippen molar-refractivity contribution in [2.45, 2.75) is 13.8 Å². The van der Waals surface area contributed by atoms with Crippen LogP contribution in [0, 0.1) is 6.92 Å². The van der Waals surface area contributed by atoms with Crippen LogP contribution >= 0.6 is 34.5 Å². The first-order valence-corrected chi connectivity index (χ1v) is 7.69. The molecule has 0 spiro atoms. The minimum absolute atomic E-state index is 0.266. The Balaban J connectivity index is 2.22. The quantitative estimate of drug-likeness (QED) is 0.870. The fourth-order valence-corrected chi connectivity index (χ4v) is 3.22. The van der Waals surface area contributed by atoms with Gasteiger partial charge >= 0.3 is 5.97 Å². The first-order chi connectivity index (χ1) is 9.52. The third kappa shape index (κ3) is 3.17. The molecule has 0 radical (unpaired) electrons. The smallest absolute Gasteiger partial charge is 0.343 e. The summed E-state index contributed by atoms with van der Waals surface area (Å²) in [6.07, 6.45) is 0. The molecule has 1 amide bonds. The number of carbonyl (C=O) groups is 2. The molecule has 0 aromatic carbocycles. The van der Waals surface area contributed by atoms with E-state index in [1.54, 1.807) is 26.0 Å². The number of thiophene rings is 1. The van der Waals surface area contributed by atoms with Gasteiger partial charge in [0.05, 0.1) is 21.5 Å². The number of aryl methyl sites for hydroxylation is 1. The number of amides is 1. The number of nitrogens with zero attached hydrogens (tertiary/aromatic N) is 1. The normalized spacial score (nSPS) is 10.3. The topological polar surface area (TPSA) is 68.3 Å². The lowest BCUT2D eigenvalue weighted by Crippen LogP contribution is -2.13. The number of carbonyl (C=O) groups excluding carboxylic acids is 2. The zero-order valence-corrected chi connectivity index (χ0v) is 13.1. The molecule has 2 aromatic heterocycles. The lowest BCUT2D eigenvalue weighted by Gasteiger charge is -2.04. The summed E-state index contributed by atoms with van der Waals surface area (Å²) in [4.78, 5) is 24.3. The number of hydrogen-bond donors (Lipinski definition) is 1. The highest BCUT2D eigenvalue weighted by Gasteiger charge is 2.22. The number of esters is 1. The maximum Gasteiger partial charge on any atom is 0.343 e. The zero-order chi connectivity index (χ0) is 14.7. The molecule has 0 aliphatic carbocycles. The first-order valence-electron chi connectivity index (χ1n) is 5.73. The fraction of sp³-hybridized carbons (Fsp3) is 0.250. The van der Waals surface area contributed by atoms with Gasteiger partial charge in [-0.25, -0.2) is 4.79 Å². The van der Waals surface area contributed by atoms with E-state index in [2.05, 4.69) is 9.69 Å². The number of ether oxygens (including phenoxy) is 1. The molecule has 1 N–H and O–H groups in total. The molecule has 5 nitrogen and oxygen atoms in total. The van der Waals surface area contributed by atoms with Gasteiger partial charge in [0.2, 0.25) is 0 Å². The van der Waals surface area contributed by atoms with E-state index < -0.39 is 5.97 Å². The Kier molecular flexibility index (Phi) is 4.74. The summed E-state index contributed by atoms with van der Waals surface area (Å²) in [6, 6.07) is 3.27. The Hall–Kier alpha value is -1.44. The fourth-order valence-electron chi connectivity index (χ4n) is 1.50. The Morgan fingerprint density at radius 3 is 2.80 bits per heavy atom. The monoisotopic (exact) mass is 330 g/mol. The van der Waals surface area contributed by atoms with Crippen molar-refractivity contribution in [2.75, 3.05) is 11.9 Å². The van der Waals surface area contributed by atoms with Gasteiger partial charge in [-0.3, -0.25) is 4.79 Å². The van der Waals surface area contributed by atoms with Crippen LogP contribution in [0.2, 0.25) is 4.34 Å². The number of aromatic nitrogens is 1. The maximum absolute atomic E-state index is 12.0. The van der Waals surface area contributed by atoms with Gasteiger partial charge in [-0.2, -0.15) is 4.37 Å². The minimum atomic E-state index is -0.488. The van der Waals surface area contributed by atoms with Crippen LogP contribution in [0.4, 0.5) is 5.00 Å². The van der Waals surface area contributed by atoms with E-state index >= 15 is 0 Å². The maximum atomic E-state index is 12.0. The van der Waals surface area contributed by atoms with E-state index in [9.17, 15) is 9.59 Å². The largest absolute Gasteiger partial charge is 0.462 e. The summed E-state index contributed by atoms with van der Waals surface area (Å²) < 4.78 is 9.56. The van der Waals surface area contributed by atoms with Gasteiger partial charge in [0.25, 0.3) is 5.91 Å². The summed E-state index contributed by atoms with van der Waals surface area (Å²) in [5, 5.41) is 3.05. The van der Waals surface area contributed by atoms with Crippen LogP contribution in [0.3, 0.4) is 0 Å². The van der Waals surface area contributed by atoms with Crippen LogP contribution in [0.1, 0.15) is 32.6 Å². The van der Waals surface area contributed by atoms with Gasteiger partial charge < -0.3 is 10.1 Å².